The molecule has 2 aromatic heterocycles. The second kappa shape index (κ2) is 5.38. The molecular formula is C12H8ClN3S2Se. The summed E-state index contributed by atoms with van der Waals surface area (Å²) in [5.41, 5.74) is 0. The van der Waals surface area contributed by atoms with Crippen LogP contribution in [0.25, 0.3) is 15.5 Å². The van der Waals surface area contributed by atoms with Gasteiger partial charge in [-0.25, -0.2) is 0 Å². The van der Waals surface area contributed by atoms with Crippen LogP contribution in [0.4, 0.5) is 0 Å². The van der Waals surface area contributed by atoms with Gasteiger partial charge in [-0.3, -0.25) is 0 Å². The fourth-order valence-corrected chi connectivity index (χ4v) is 4.95. The molecule has 3 aromatic rings. The molecule has 3 rings (SSSR count). The van der Waals surface area contributed by atoms with Gasteiger partial charge in [-0.15, -0.1) is 0 Å². The Kier molecular flexibility index (Phi) is 3.78. The van der Waals surface area contributed by atoms with Crippen molar-refractivity contribution < 1.29 is 0 Å². The SMILES string of the molecule is CSc1nc(Cl)cc(-n2[se]c3ccccc3c2=S)n1. The van der Waals surface area contributed by atoms with Gasteiger partial charge in [-0.2, -0.15) is 0 Å². The first-order chi connectivity index (χ1) is 9.19. The van der Waals surface area contributed by atoms with Gasteiger partial charge in [0.1, 0.15) is 0 Å². The van der Waals surface area contributed by atoms with Crippen LogP contribution in [0.5, 0.6) is 0 Å². The summed E-state index contributed by atoms with van der Waals surface area (Å²) in [6.07, 6.45) is 1.93. The van der Waals surface area contributed by atoms with Gasteiger partial charge >= 0.3 is 131 Å². The molecule has 0 fully saturated rings. The summed E-state index contributed by atoms with van der Waals surface area (Å²) in [5.74, 6) is 0.783. The van der Waals surface area contributed by atoms with Crippen molar-refractivity contribution >= 4 is 60.0 Å². The van der Waals surface area contributed by atoms with Crippen LogP contribution in [0.2, 0.25) is 5.15 Å². The number of halogens is 1. The predicted octanol–water partition coefficient (Wildman–Crippen LogP) is 3.58. The number of hydrogen-bond acceptors (Lipinski definition) is 4. The maximum atomic E-state index is 6.04. The van der Waals surface area contributed by atoms with Gasteiger partial charge in [0, 0.05) is 0 Å². The van der Waals surface area contributed by atoms with E-state index in [1.165, 1.54) is 16.0 Å². The third-order valence-electron chi connectivity index (χ3n) is 2.54. The van der Waals surface area contributed by atoms with Crippen LogP contribution in [0.1, 0.15) is 0 Å². The Balaban J connectivity index is 2.27. The number of rotatable bonds is 2. The molecule has 0 amide bonds. The first kappa shape index (κ1) is 13.3. The first-order valence-electron chi connectivity index (χ1n) is 5.39. The third kappa shape index (κ3) is 2.51. The van der Waals surface area contributed by atoms with E-state index < -0.39 is 0 Å². The summed E-state index contributed by atoms with van der Waals surface area (Å²) in [6.45, 7) is 0. The van der Waals surface area contributed by atoms with Crippen molar-refractivity contribution in [2.75, 3.05) is 6.26 Å². The molecule has 0 atom stereocenters. The predicted molar refractivity (Wildman–Crippen MR) is 83.4 cm³/mol. The molecule has 7 heteroatoms. The van der Waals surface area contributed by atoms with Crippen LogP contribution in [-0.2, 0) is 0 Å². The van der Waals surface area contributed by atoms with Crippen molar-refractivity contribution in [2.45, 2.75) is 5.16 Å². The number of thioether (sulfide) groups is 1. The van der Waals surface area contributed by atoms with E-state index in [0.29, 0.717) is 10.3 Å². The van der Waals surface area contributed by atoms with Gasteiger partial charge in [0.25, 0.3) is 0 Å². The van der Waals surface area contributed by atoms with Gasteiger partial charge in [0.2, 0.25) is 0 Å². The average molecular weight is 373 g/mol. The zero-order valence-electron chi connectivity index (χ0n) is 9.83. The van der Waals surface area contributed by atoms with Crippen molar-refractivity contribution in [3.05, 3.63) is 40.1 Å². The van der Waals surface area contributed by atoms with Gasteiger partial charge in [-0.05, 0) is 0 Å². The van der Waals surface area contributed by atoms with Gasteiger partial charge in [-0.1, -0.05) is 0 Å². The first-order valence-corrected chi connectivity index (χ1v) is 9.02. The van der Waals surface area contributed by atoms with Gasteiger partial charge in [0.15, 0.2) is 0 Å². The van der Waals surface area contributed by atoms with Crippen molar-refractivity contribution in [1.82, 2.24) is 13.5 Å². The van der Waals surface area contributed by atoms with E-state index in [1.54, 1.807) is 6.07 Å². The van der Waals surface area contributed by atoms with Crippen LogP contribution >= 0.6 is 35.6 Å². The molecule has 19 heavy (non-hydrogen) atoms. The molecule has 0 N–H and O–H groups in total. The van der Waals surface area contributed by atoms with Gasteiger partial charge < -0.3 is 0 Å². The van der Waals surface area contributed by atoms with Crippen molar-refractivity contribution in [3.8, 4) is 5.82 Å². The van der Waals surface area contributed by atoms with E-state index >= 15 is 0 Å². The summed E-state index contributed by atoms with van der Waals surface area (Å²) >= 11 is 13.2. The van der Waals surface area contributed by atoms with Crippen LogP contribution in [0.3, 0.4) is 0 Å². The third-order valence-corrected chi connectivity index (χ3v) is 6.27. The van der Waals surface area contributed by atoms with Crippen LogP contribution < -0.4 is 0 Å². The Bertz CT molecular complexity index is 812. The second-order valence-electron chi connectivity index (χ2n) is 3.72. The molecule has 2 heterocycles. The normalized spacial score (nSPS) is 11.1. The molecule has 0 bridgehead atoms. The number of benzene rings is 1. The molecule has 0 saturated carbocycles. The monoisotopic (exact) mass is 373 g/mol. The molecule has 1 aromatic carbocycles. The molecule has 0 radical (unpaired) electrons. The van der Waals surface area contributed by atoms with Crippen LogP contribution in [0, 0.1) is 4.64 Å². The number of nitrogens with zero attached hydrogens (tertiary/aromatic N) is 3. The van der Waals surface area contributed by atoms with E-state index in [4.69, 9.17) is 23.8 Å². The molecule has 0 aliphatic rings. The molecule has 3 nitrogen and oxygen atoms in total. The van der Waals surface area contributed by atoms with Crippen molar-refractivity contribution in [2.24, 2.45) is 0 Å². The Hall–Kier alpha value is -0.651. The molecule has 0 saturated heterocycles. The minimum atomic E-state index is 0.112. The topological polar surface area (TPSA) is 30.7 Å². The van der Waals surface area contributed by atoms with Gasteiger partial charge in [0.05, 0.1) is 0 Å². The van der Waals surface area contributed by atoms with Crippen LogP contribution in [0.15, 0.2) is 35.5 Å². The summed E-state index contributed by atoms with van der Waals surface area (Å²) in [4.78, 5) is 8.64. The Labute approximate surface area is 130 Å². The van der Waals surface area contributed by atoms with E-state index in [1.807, 2.05) is 18.4 Å². The fourth-order valence-electron chi connectivity index (χ4n) is 1.70. The quantitative estimate of drug-likeness (QED) is 0.226. The zero-order chi connectivity index (χ0) is 13.4. The minimum absolute atomic E-state index is 0.112. The second-order valence-corrected chi connectivity index (χ2v) is 7.34. The molecule has 0 aliphatic carbocycles. The summed E-state index contributed by atoms with van der Waals surface area (Å²) in [5, 5.41) is 2.24. The zero-order valence-corrected chi connectivity index (χ0v) is 13.9. The van der Waals surface area contributed by atoms with Crippen molar-refractivity contribution in [3.63, 3.8) is 0 Å². The van der Waals surface area contributed by atoms with E-state index in [0.717, 1.165) is 15.8 Å². The Morgan fingerprint density at radius 2 is 2.11 bits per heavy atom. The summed E-state index contributed by atoms with van der Waals surface area (Å²) < 4.78 is 4.15. The number of aromatic nitrogens is 3. The average Bonchev–Trinajstić information content (AvgIpc) is 2.76. The molecular weight excluding hydrogens is 365 g/mol. The molecule has 0 aliphatic heterocycles. The summed E-state index contributed by atoms with van der Waals surface area (Å²) in [7, 11) is 0. The number of fused-ring (bicyclic) bond motifs is 1. The molecule has 96 valence electrons. The van der Waals surface area contributed by atoms with Crippen LogP contribution in [-0.4, -0.2) is 34.5 Å². The van der Waals surface area contributed by atoms with E-state index in [9.17, 15) is 0 Å². The van der Waals surface area contributed by atoms with E-state index in [-0.39, 0.29) is 14.7 Å². The Morgan fingerprint density at radius 1 is 1.32 bits per heavy atom. The summed E-state index contributed by atoms with van der Waals surface area (Å²) in [6, 6.07) is 9.97. The maximum absolute atomic E-state index is 6.04. The molecule has 0 unspecified atom stereocenters. The van der Waals surface area contributed by atoms with E-state index in [2.05, 4.69) is 25.7 Å². The fraction of sp³-hybridized carbons (Fsp3) is 0.0833. The van der Waals surface area contributed by atoms with Crippen molar-refractivity contribution in [1.29, 1.82) is 0 Å². The standard InChI is InChI=1S/C12H8ClN3S2Se/c1-18-12-14-9(13)6-10(15-12)16-11(17)7-4-2-3-5-8(7)19-16/h2-6H,1H3. The number of hydrogen-bond donors (Lipinski definition) is 0. The molecule has 0 spiro atoms. The Morgan fingerprint density at radius 3 is 2.84 bits per heavy atom.